The summed E-state index contributed by atoms with van der Waals surface area (Å²) in [5.74, 6) is -0.868. The van der Waals surface area contributed by atoms with Crippen molar-refractivity contribution >= 4 is 19.8 Å². The van der Waals surface area contributed by atoms with Gasteiger partial charge in [-0.25, -0.2) is 4.57 Å². The molecule has 2 unspecified atom stereocenters. The summed E-state index contributed by atoms with van der Waals surface area (Å²) in [4.78, 5) is 35.3. The Morgan fingerprint density at radius 1 is 0.353 bits per heavy atom. The molecule has 0 saturated heterocycles. The van der Waals surface area contributed by atoms with Crippen LogP contribution in [0.1, 0.15) is 232 Å². The molecule has 0 fully saturated rings. The lowest BCUT2D eigenvalue weighted by Crippen LogP contribution is -2.29. The van der Waals surface area contributed by atoms with Gasteiger partial charge in [0.1, 0.15) is 6.61 Å². The molecule has 0 rings (SSSR count). The highest BCUT2D eigenvalue weighted by Gasteiger charge is 2.26. The molecule has 0 amide bonds. The van der Waals surface area contributed by atoms with Crippen LogP contribution in [0.15, 0.2) is 194 Å². The molecule has 0 radical (unpaired) electrons. The van der Waals surface area contributed by atoms with E-state index in [1.165, 1.54) is 32.1 Å². The first-order valence-electron chi connectivity index (χ1n) is 32.9. The average Bonchev–Trinajstić information content (AvgIpc) is 3.52. The number of unbranched alkanes of at least 4 members (excludes halogenated alkanes) is 14. The van der Waals surface area contributed by atoms with Crippen LogP contribution in [0.3, 0.4) is 0 Å². The second-order valence-electron chi connectivity index (χ2n) is 20.9. The number of nitrogens with two attached hydrogens (primary N) is 1. The quantitative estimate of drug-likeness (QED) is 0.0264. The third-order valence-corrected chi connectivity index (χ3v) is 14.0. The lowest BCUT2D eigenvalue weighted by Gasteiger charge is -2.19. The van der Waals surface area contributed by atoms with Crippen LogP contribution in [-0.2, 0) is 32.7 Å². The predicted molar refractivity (Wildman–Crippen MR) is 366 cm³/mol. The first kappa shape index (κ1) is 79.8. The molecule has 0 aliphatic carbocycles. The molecular weight excluding hydrogens is 1070 g/mol. The summed E-state index contributed by atoms with van der Waals surface area (Å²) in [5, 5.41) is 0. The Balaban J connectivity index is 4.04. The zero-order chi connectivity index (χ0) is 61.6. The highest BCUT2D eigenvalue weighted by Crippen LogP contribution is 2.43. The summed E-state index contributed by atoms with van der Waals surface area (Å²) in [7, 11) is -4.41. The normalized spacial score (nSPS) is 14.3. The average molecular weight is 1190 g/mol. The molecule has 85 heavy (non-hydrogen) atoms. The van der Waals surface area contributed by atoms with Crippen LogP contribution in [-0.4, -0.2) is 49.3 Å². The van der Waals surface area contributed by atoms with Crippen molar-refractivity contribution < 1.29 is 37.6 Å². The molecule has 0 aliphatic heterocycles. The molecule has 3 N–H and O–H groups in total. The zero-order valence-electron chi connectivity index (χ0n) is 53.3. The summed E-state index contributed by atoms with van der Waals surface area (Å²) >= 11 is 0. The molecule has 0 aromatic rings. The number of rotatable bonds is 59. The van der Waals surface area contributed by atoms with Crippen molar-refractivity contribution in [3.05, 3.63) is 194 Å². The van der Waals surface area contributed by atoms with Crippen LogP contribution in [0.2, 0.25) is 0 Å². The van der Waals surface area contributed by atoms with Crippen molar-refractivity contribution in [2.24, 2.45) is 5.73 Å². The molecule has 0 spiro atoms. The molecule has 0 heterocycles. The van der Waals surface area contributed by atoms with Gasteiger partial charge in [0, 0.05) is 19.4 Å². The van der Waals surface area contributed by atoms with E-state index in [2.05, 4.69) is 208 Å². The van der Waals surface area contributed by atoms with Gasteiger partial charge in [0.15, 0.2) is 6.10 Å². The first-order valence-corrected chi connectivity index (χ1v) is 34.4. The minimum Gasteiger partial charge on any atom is -0.462 e. The van der Waals surface area contributed by atoms with Gasteiger partial charge in [-0.2, -0.15) is 0 Å². The SMILES string of the molecule is CC/C=C\C/C=C\C/C=C\C/C=C\C/C=C\C/C=C\C/C=C\C/C=C\C/C=C\C/C=C\C/C=C\CCCCCCCCCC(=O)OC(COC(=O)CCCCCCCCC/C=C\C/C=C\C/C=C\C/C=C\C/C=C\CC)COP(=O)(O)OCCN. The number of hydrogen-bond acceptors (Lipinski definition) is 8. The maximum absolute atomic E-state index is 12.7. The van der Waals surface area contributed by atoms with Crippen LogP contribution < -0.4 is 5.73 Å². The van der Waals surface area contributed by atoms with Gasteiger partial charge in [-0.05, 0) is 141 Å². The molecule has 0 aromatic heterocycles. The number of phosphoric acid groups is 1. The van der Waals surface area contributed by atoms with Crippen molar-refractivity contribution in [3.63, 3.8) is 0 Å². The lowest BCUT2D eigenvalue weighted by atomic mass is 10.1. The summed E-state index contributed by atoms with van der Waals surface area (Å²) in [6.07, 6.45) is 104. The smallest absolute Gasteiger partial charge is 0.462 e. The fourth-order valence-electron chi connectivity index (χ4n) is 8.20. The number of esters is 2. The molecule has 10 heteroatoms. The van der Waals surface area contributed by atoms with Gasteiger partial charge in [-0.3, -0.25) is 18.6 Å². The first-order chi connectivity index (χ1) is 41.8. The molecule has 0 bridgehead atoms. The summed E-state index contributed by atoms with van der Waals surface area (Å²) in [6, 6.07) is 0. The second kappa shape index (κ2) is 68.0. The second-order valence-corrected chi connectivity index (χ2v) is 22.3. The monoisotopic (exact) mass is 1190 g/mol. The fourth-order valence-corrected chi connectivity index (χ4v) is 8.96. The van der Waals surface area contributed by atoms with Crippen LogP contribution in [0.25, 0.3) is 0 Å². The van der Waals surface area contributed by atoms with E-state index >= 15 is 0 Å². The number of carbonyl (C=O) groups excluding carboxylic acids is 2. The van der Waals surface area contributed by atoms with E-state index in [1.807, 2.05) is 0 Å². The van der Waals surface area contributed by atoms with Crippen LogP contribution in [0, 0.1) is 0 Å². The largest absolute Gasteiger partial charge is 0.472 e. The topological polar surface area (TPSA) is 134 Å². The standard InChI is InChI=1S/C75H118NO8P/c1-3-5-7-9-11-13-15-17-19-21-23-25-27-28-29-30-31-32-33-34-35-36-37-38-39-40-41-42-43-44-46-48-50-52-54-56-58-60-62-64-66-68-75(78)84-73(72-83-85(79,80)82-70-69-76)71-81-74(77)67-65-63-61-59-57-55-53-51-49-47-45-26-24-22-20-18-16-14-12-10-8-6-4-2/h5-8,11-14,17-20,23-26,28-29,31-32,34-35,37-38,40-41,43-44,47-50,73H,3-4,9-10,15-16,21-22,27,30,33,36,39,42,45-46,51-72,76H2,1-2H3,(H,79,80)/b7-5-,8-6-,13-11-,14-12-,19-17-,20-18-,25-23-,26-24-,29-28-,32-31-,35-34-,38-37-,41-40-,44-43-,49-47-,50-48-. The van der Waals surface area contributed by atoms with Gasteiger partial charge in [0.25, 0.3) is 0 Å². The zero-order valence-corrected chi connectivity index (χ0v) is 54.1. The Hall–Kier alpha value is -5.15. The van der Waals surface area contributed by atoms with Crippen LogP contribution >= 0.6 is 7.82 Å². The van der Waals surface area contributed by atoms with E-state index in [0.29, 0.717) is 12.8 Å². The summed E-state index contributed by atoms with van der Waals surface area (Å²) < 4.78 is 33.1. The number of carbonyl (C=O) groups is 2. The highest BCUT2D eigenvalue weighted by atomic mass is 31.2. The van der Waals surface area contributed by atoms with Crippen molar-refractivity contribution in [2.45, 2.75) is 238 Å². The Kier molecular flexibility index (Phi) is 63.9. The summed E-state index contributed by atoms with van der Waals surface area (Å²) in [6.45, 7) is 3.46. The van der Waals surface area contributed by atoms with E-state index in [9.17, 15) is 19.0 Å². The van der Waals surface area contributed by atoms with Gasteiger partial charge < -0.3 is 20.1 Å². The van der Waals surface area contributed by atoms with Gasteiger partial charge in [0.2, 0.25) is 0 Å². The van der Waals surface area contributed by atoms with E-state index in [0.717, 1.165) is 161 Å². The third kappa shape index (κ3) is 67.8. The lowest BCUT2D eigenvalue weighted by molar-refractivity contribution is -0.161. The van der Waals surface area contributed by atoms with E-state index in [-0.39, 0.29) is 32.6 Å². The molecule has 9 nitrogen and oxygen atoms in total. The maximum atomic E-state index is 12.7. The van der Waals surface area contributed by atoms with Crippen molar-refractivity contribution in [1.82, 2.24) is 0 Å². The maximum Gasteiger partial charge on any atom is 0.472 e. The van der Waals surface area contributed by atoms with Gasteiger partial charge in [-0.1, -0.05) is 272 Å². The molecule has 0 aliphatic rings. The fraction of sp³-hybridized carbons (Fsp3) is 0.547. The van der Waals surface area contributed by atoms with E-state index < -0.39 is 32.5 Å². The minimum atomic E-state index is -4.41. The Morgan fingerprint density at radius 3 is 0.906 bits per heavy atom. The number of ether oxygens (including phenoxy) is 2. The molecule has 2 atom stereocenters. The Morgan fingerprint density at radius 2 is 0.612 bits per heavy atom. The minimum absolute atomic E-state index is 0.0392. The Bertz CT molecular complexity index is 2090. The molecule has 476 valence electrons. The van der Waals surface area contributed by atoms with Crippen LogP contribution in [0.5, 0.6) is 0 Å². The van der Waals surface area contributed by atoms with E-state index in [1.54, 1.807) is 0 Å². The van der Waals surface area contributed by atoms with Gasteiger partial charge >= 0.3 is 19.8 Å². The molecule has 0 saturated carbocycles. The van der Waals surface area contributed by atoms with Gasteiger partial charge in [0.05, 0.1) is 13.2 Å². The molecule has 0 aromatic carbocycles. The Labute approximate surface area is 519 Å². The van der Waals surface area contributed by atoms with E-state index in [4.69, 9.17) is 24.3 Å². The highest BCUT2D eigenvalue weighted by molar-refractivity contribution is 7.47. The third-order valence-electron chi connectivity index (χ3n) is 13.0. The van der Waals surface area contributed by atoms with Crippen LogP contribution in [0.4, 0.5) is 0 Å². The van der Waals surface area contributed by atoms with Crippen molar-refractivity contribution in [2.75, 3.05) is 26.4 Å². The number of allylic oxidation sites excluding steroid dienone is 32. The molecular formula is C75H118NO8P. The van der Waals surface area contributed by atoms with Crippen molar-refractivity contribution in [1.29, 1.82) is 0 Å². The van der Waals surface area contributed by atoms with Crippen molar-refractivity contribution in [3.8, 4) is 0 Å². The van der Waals surface area contributed by atoms with Gasteiger partial charge in [-0.15, -0.1) is 0 Å². The predicted octanol–water partition coefficient (Wildman–Crippen LogP) is 21.7. The number of hydrogen-bond donors (Lipinski definition) is 2. The number of phosphoric ester groups is 1. The summed E-state index contributed by atoms with van der Waals surface area (Å²) in [5.41, 5.74) is 5.39.